The smallest absolute Gasteiger partial charge is 0.306 e. The number of rotatable bonds is 56. The SMILES string of the molecule is CCCCC/C=C\C/C=C\CCCCCCCC(=O)O[C@H](COC(=O)CCCCCCCCCCCCC/C=C\CCCCCCCC)COC(=O)CCCCCCCCCCCCCCCCC. The average molecular weight is 970 g/mol. The number of carbonyl (C=O) groups excluding carboxylic acids is 3. The number of hydrogen-bond donors (Lipinski definition) is 0. The van der Waals surface area contributed by atoms with Gasteiger partial charge < -0.3 is 14.2 Å². The first-order valence-corrected chi connectivity index (χ1v) is 30.5. The minimum atomic E-state index is -0.777. The highest BCUT2D eigenvalue weighted by Gasteiger charge is 2.19. The van der Waals surface area contributed by atoms with Crippen molar-refractivity contribution >= 4 is 17.9 Å². The Kier molecular flexibility index (Phi) is 56.2. The summed E-state index contributed by atoms with van der Waals surface area (Å²) in [5.41, 5.74) is 0. The minimum Gasteiger partial charge on any atom is -0.462 e. The van der Waals surface area contributed by atoms with Gasteiger partial charge >= 0.3 is 17.9 Å². The quantitative estimate of drug-likeness (QED) is 0.0261. The van der Waals surface area contributed by atoms with Gasteiger partial charge in [-0.05, 0) is 77.0 Å². The van der Waals surface area contributed by atoms with Crippen molar-refractivity contribution in [1.29, 1.82) is 0 Å². The molecule has 0 rings (SSSR count). The maximum atomic E-state index is 12.9. The lowest BCUT2D eigenvalue weighted by Crippen LogP contribution is -2.30. The summed E-state index contributed by atoms with van der Waals surface area (Å²) in [7, 11) is 0. The summed E-state index contributed by atoms with van der Waals surface area (Å²) in [5, 5.41) is 0. The molecule has 0 unspecified atom stereocenters. The Morgan fingerprint density at radius 3 is 0.841 bits per heavy atom. The number of carbonyl (C=O) groups is 3. The van der Waals surface area contributed by atoms with Crippen LogP contribution in [0.25, 0.3) is 0 Å². The van der Waals surface area contributed by atoms with Gasteiger partial charge in [-0.25, -0.2) is 0 Å². The molecule has 0 N–H and O–H groups in total. The molecule has 0 amide bonds. The maximum absolute atomic E-state index is 12.9. The molecule has 6 heteroatoms. The molecule has 0 aliphatic rings. The molecule has 0 aromatic carbocycles. The zero-order valence-electron chi connectivity index (χ0n) is 46.3. The zero-order valence-corrected chi connectivity index (χ0v) is 46.3. The van der Waals surface area contributed by atoms with Gasteiger partial charge in [0, 0.05) is 19.3 Å². The fraction of sp³-hybridized carbons (Fsp3) is 0.857. The Hall–Kier alpha value is -2.37. The highest BCUT2D eigenvalue weighted by molar-refractivity contribution is 5.71. The number of ether oxygens (including phenoxy) is 3. The Morgan fingerprint density at radius 2 is 0.522 bits per heavy atom. The Morgan fingerprint density at radius 1 is 0.290 bits per heavy atom. The van der Waals surface area contributed by atoms with E-state index in [9.17, 15) is 14.4 Å². The first-order valence-electron chi connectivity index (χ1n) is 30.5. The lowest BCUT2D eigenvalue weighted by atomic mass is 10.0. The number of allylic oxidation sites excluding steroid dienone is 6. The summed E-state index contributed by atoms with van der Waals surface area (Å²) < 4.78 is 16.9. The lowest BCUT2D eigenvalue weighted by molar-refractivity contribution is -0.167. The Balaban J connectivity index is 4.31. The molecule has 0 radical (unpaired) electrons. The predicted octanol–water partition coefficient (Wildman–Crippen LogP) is 20.4. The molecule has 0 spiro atoms. The predicted molar refractivity (Wildman–Crippen MR) is 298 cm³/mol. The van der Waals surface area contributed by atoms with Crippen LogP contribution in [-0.2, 0) is 28.6 Å². The first-order chi connectivity index (χ1) is 34.0. The molecule has 404 valence electrons. The van der Waals surface area contributed by atoms with E-state index in [4.69, 9.17) is 14.2 Å². The van der Waals surface area contributed by atoms with Gasteiger partial charge in [0.1, 0.15) is 13.2 Å². The van der Waals surface area contributed by atoms with Crippen LogP contribution >= 0.6 is 0 Å². The normalized spacial score (nSPS) is 12.2. The summed E-state index contributed by atoms with van der Waals surface area (Å²) in [6.45, 7) is 6.65. The van der Waals surface area contributed by atoms with Gasteiger partial charge in [0.25, 0.3) is 0 Å². The van der Waals surface area contributed by atoms with E-state index in [1.54, 1.807) is 0 Å². The van der Waals surface area contributed by atoms with Crippen LogP contribution < -0.4 is 0 Å². The number of esters is 3. The van der Waals surface area contributed by atoms with E-state index in [-0.39, 0.29) is 31.1 Å². The molecule has 0 aromatic heterocycles. The molecule has 0 heterocycles. The zero-order chi connectivity index (χ0) is 50.0. The molecule has 0 saturated heterocycles. The molecule has 0 aromatic rings. The summed E-state index contributed by atoms with van der Waals surface area (Å²) in [6.07, 6.45) is 69.9. The van der Waals surface area contributed by atoms with Crippen molar-refractivity contribution in [3.8, 4) is 0 Å². The largest absolute Gasteiger partial charge is 0.462 e. The second-order valence-corrected chi connectivity index (χ2v) is 20.6. The van der Waals surface area contributed by atoms with Crippen LogP contribution in [0.5, 0.6) is 0 Å². The van der Waals surface area contributed by atoms with Crippen LogP contribution in [0, 0.1) is 0 Å². The van der Waals surface area contributed by atoms with E-state index < -0.39 is 6.10 Å². The molecule has 6 nitrogen and oxygen atoms in total. The van der Waals surface area contributed by atoms with E-state index in [0.29, 0.717) is 19.3 Å². The minimum absolute atomic E-state index is 0.0739. The highest BCUT2D eigenvalue weighted by atomic mass is 16.6. The molecule has 0 saturated carbocycles. The third-order valence-corrected chi connectivity index (χ3v) is 13.6. The second-order valence-electron chi connectivity index (χ2n) is 20.6. The number of unbranched alkanes of at least 4 members (excludes halogenated alkanes) is 39. The average Bonchev–Trinajstić information content (AvgIpc) is 3.35. The summed E-state index contributed by atoms with van der Waals surface area (Å²) >= 11 is 0. The van der Waals surface area contributed by atoms with Crippen LogP contribution in [0.2, 0.25) is 0 Å². The van der Waals surface area contributed by atoms with Crippen LogP contribution in [0.3, 0.4) is 0 Å². The van der Waals surface area contributed by atoms with Crippen molar-refractivity contribution in [2.24, 2.45) is 0 Å². The van der Waals surface area contributed by atoms with E-state index >= 15 is 0 Å². The third-order valence-electron chi connectivity index (χ3n) is 13.6. The van der Waals surface area contributed by atoms with Crippen molar-refractivity contribution in [1.82, 2.24) is 0 Å². The Bertz CT molecular complexity index is 1160. The fourth-order valence-electron chi connectivity index (χ4n) is 9.00. The molecular weight excluding hydrogens is 853 g/mol. The molecule has 0 bridgehead atoms. The molecule has 0 fully saturated rings. The van der Waals surface area contributed by atoms with Crippen molar-refractivity contribution in [3.63, 3.8) is 0 Å². The molecule has 69 heavy (non-hydrogen) atoms. The molecule has 1 atom stereocenters. The summed E-state index contributed by atoms with van der Waals surface area (Å²) in [6, 6.07) is 0. The van der Waals surface area contributed by atoms with Gasteiger partial charge in [0.05, 0.1) is 0 Å². The first kappa shape index (κ1) is 66.6. The standard InChI is InChI=1S/C63H116O6/c1-4-7-10-13-16-19-22-25-28-29-30-31-32-33-36-38-41-44-47-50-53-56-62(65)68-59-60(69-63(66)57-54-51-48-45-42-39-35-27-24-21-18-15-12-9-6-3)58-67-61(64)55-52-49-46-43-40-37-34-26-23-20-17-14-11-8-5-2/h18,21,25,27-28,35,60H,4-17,19-20,22-24,26,29-34,36-59H2,1-3H3/b21-18-,28-25-,35-27-/t60-/m0/s1. The monoisotopic (exact) mass is 969 g/mol. The maximum Gasteiger partial charge on any atom is 0.306 e. The van der Waals surface area contributed by atoms with E-state index in [1.807, 2.05) is 0 Å². The van der Waals surface area contributed by atoms with Crippen LogP contribution in [-0.4, -0.2) is 37.2 Å². The van der Waals surface area contributed by atoms with Crippen molar-refractivity contribution in [3.05, 3.63) is 36.5 Å². The van der Waals surface area contributed by atoms with Crippen LogP contribution in [0.1, 0.15) is 329 Å². The van der Waals surface area contributed by atoms with Gasteiger partial charge in [0.15, 0.2) is 6.10 Å². The third kappa shape index (κ3) is 56.4. The van der Waals surface area contributed by atoms with Gasteiger partial charge in [-0.15, -0.1) is 0 Å². The van der Waals surface area contributed by atoms with Crippen LogP contribution in [0.15, 0.2) is 36.5 Å². The van der Waals surface area contributed by atoms with E-state index in [2.05, 4.69) is 57.2 Å². The fourth-order valence-corrected chi connectivity index (χ4v) is 9.00. The summed E-state index contributed by atoms with van der Waals surface area (Å²) in [5.74, 6) is -0.868. The second kappa shape index (κ2) is 58.2. The lowest BCUT2D eigenvalue weighted by Gasteiger charge is -2.18. The van der Waals surface area contributed by atoms with Gasteiger partial charge in [-0.2, -0.15) is 0 Å². The van der Waals surface area contributed by atoms with Gasteiger partial charge in [-0.3, -0.25) is 14.4 Å². The van der Waals surface area contributed by atoms with Crippen molar-refractivity contribution in [2.75, 3.05) is 13.2 Å². The van der Waals surface area contributed by atoms with Gasteiger partial charge in [0.2, 0.25) is 0 Å². The van der Waals surface area contributed by atoms with Crippen molar-refractivity contribution < 1.29 is 28.6 Å². The molecular formula is C63H116O6. The van der Waals surface area contributed by atoms with E-state index in [1.165, 1.54) is 205 Å². The molecule has 0 aliphatic carbocycles. The van der Waals surface area contributed by atoms with Crippen LogP contribution in [0.4, 0.5) is 0 Å². The Labute approximate surface area is 429 Å². The highest BCUT2D eigenvalue weighted by Crippen LogP contribution is 2.17. The number of hydrogen-bond acceptors (Lipinski definition) is 6. The van der Waals surface area contributed by atoms with Crippen molar-refractivity contribution in [2.45, 2.75) is 335 Å². The van der Waals surface area contributed by atoms with Gasteiger partial charge in [-0.1, -0.05) is 269 Å². The van der Waals surface area contributed by atoms with E-state index in [0.717, 1.165) is 83.5 Å². The topological polar surface area (TPSA) is 78.9 Å². The molecule has 0 aliphatic heterocycles. The summed E-state index contributed by atoms with van der Waals surface area (Å²) in [4.78, 5) is 38.2.